The summed E-state index contributed by atoms with van der Waals surface area (Å²) in [5, 5.41) is 1.55. The highest BCUT2D eigenvalue weighted by Gasteiger charge is 2.38. The zero-order chi connectivity index (χ0) is 21.7. The van der Waals surface area contributed by atoms with Crippen molar-refractivity contribution in [3.63, 3.8) is 0 Å². The van der Waals surface area contributed by atoms with E-state index in [2.05, 4.69) is 5.32 Å². The molecule has 0 saturated carbocycles. The lowest BCUT2D eigenvalue weighted by Gasteiger charge is -2.30. The third-order valence-corrected chi connectivity index (χ3v) is 6.30. The van der Waals surface area contributed by atoms with E-state index in [9.17, 15) is 18.0 Å². The number of carbonyl (C=O) groups is 2. The van der Waals surface area contributed by atoms with Crippen LogP contribution in [0.25, 0.3) is 0 Å². The maximum atomic E-state index is 12.6. The molecule has 2 rings (SSSR count). The first kappa shape index (κ1) is 23.2. The van der Waals surface area contributed by atoms with Crippen molar-refractivity contribution in [3.8, 4) is 0 Å². The molecule has 162 valence electrons. The van der Waals surface area contributed by atoms with Crippen molar-refractivity contribution in [2.45, 2.75) is 63.3 Å². The topological polar surface area (TPSA) is 92.8 Å². The Bertz CT molecular complexity index is 802. The van der Waals surface area contributed by atoms with Crippen LogP contribution in [0.4, 0.5) is 4.79 Å². The Labute approximate surface area is 173 Å². The maximum Gasteiger partial charge on any atom is 0.410 e. The minimum Gasteiger partial charge on any atom is -0.444 e. The molecular formula is C21H32N2O5S. The second-order valence-corrected chi connectivity index (χ2v) is 10.8. The first-order valence-electron chi connectivity index (χ1n) is 9.97. The summed E-state index contributed by atoms with van der Waals surface area (Å²) in [6.07, 6.45) is 2.72. The van der Waals surface area contributed by atoms with Gasteiger partial charge in [-0.15, -0.1) is 0 Å². The molecule has 0 radical (unpaired) electrons. The molecule has 0 spiro atoms. The maximum absolute atomic E-state index is 12.6. The summed E-state index contributed by atoms with van der Waals surface area (Å²) in [5.41, 5.74) is 0.436. The highest BCUT2D eigenvalue weighted by molar-refractivity contribution is 7.92. The van der Waals surface area contributed by atoms with Crippen LogP contribution in [-0.4, -0.2) is 61.6 Å². The summed E-state index contributed by atoms with van der Waals surface area (Å²) in [5.74, 6) is -0.514. The molecule has 1 saturated heterocycles. The van der Waals surface area contributed by atoms with Crippen LogP contribution in [0.5, 0.6) is 0 Å². The van der Waals surface area contributed by atoms with E-state index in [0.29, 0.717) is 25.9 Å². The molecule has 1 heterocycles. The van der Waals surface area contributed by atoms with Crippen LogP contribution in [0.3, 0.4) is 0 Å². The van der Waals surface area contributed by atoms with Crippen LogP contribution in [0.15, 0.2) is 30.3 Å². The summed E-state index contributed by atoms with van der Waals surface area (Å²) in [6, 6.07) is 9.34. The summed E-state index contributed by atoms with van der Waals surface area (Å²) in [7, 11) is -3.62. The van der Waals surface area contributed by atoms with Crippen LogP contribution in [0, 0.1) is 0 Å². The molecule has 1 fully saturated rings. The van der Waals surface area contributed by atoms with E-state index in [1.54, 1.807) is 25.7 Å². The monoisotopic (exact) mass is 424 g/mol. The van der Waals surface area contributed by atoms with Crippen LogP contribution < -0.4 is 5.32 Å². The van der Waals surface area contributed by atoms with Crippen molar-refractivity contribution in [1.82, 2.24) is 10.2 Å². The SMILES string of the molecule is CC(C)(C)OC(=O)N1CCCC1CC(C(=O)NCCc1ccccc1)S(C)(=O)=O. The van der Waals surface area contributed by atoms with Gasteiger partial charge < -0.3 is 15.0 Å². The zero-order valence-electron chi connectivity index (χ0n) is 17.7. The Morgan fingerprint density at radius 3 is 2.48 bits per heavy atom. The van der Waals surface area contributed by atoms with Gasteiger partial charge in [-0.3, -0.25) is 4.79 Å². The molecule has 7 nitrogen and oxygen atoms in total. The predicted molar refractivity (Wildman–Crippen MR) is 112 cm³/mol. The van der Waals surface area contributed by atoms with Crippen molar-refractivity contribution >= 4 is 21.8 Å². The van der Waals surface area contributed by atoms with E-state index in [1.165, 1.54) is 0 Å². The molecule has 8 heteroatoms. The first-order chi connectivity index (χ1) is 13.5. The van der Waals surface area contributed by atoms with E-state index in [4.69, 9.17) is 4.74 Å². The third-order valence-electron chi connectivity index (χ3n) is 4.86. The number of hydrogen-bond acceptors (Lipinski definition) is 5. The first-order valence-corrected chi connectivity index (χ1v) is 11.9. The molecule has 1 aromatic carbocycles. The number of sulfone groups is 1. The fourth-order valence-corrected chi connectivity index (χ4v) is 4.50. The van der Waals surface area contributed by atoms with Gasteiger partial charge in [0.2, 0.25) is 5.91 Å². The van der Waals surface area contributed by atoms with Gasteiger partial charge in [-0.05, 0) is 52.0 Å². The van der Waals surface area contributed by atoms with Crippen LogP contribution in [0.1, 0.15) is 45.6 Å². The molecule has 0 aliphatic carbocycles. The van der Waals surface area contributed by atoms with E-state index >= 15 is 0 Å². The summed E-state index contributed by atoms with van der Waals surface area (Å²) in [4.78, 5) is 26.7. The Hall–Kier alpha value is -2.09. The van der Waals surface area contributed by atoms with Crippen molar-refractivity contribution in [2.24, 2.45) is 0 Å². The van der Waals surface area contributed by atoms with Crippen molar-refractivity contribution < 1.29 is 22.7 Å². The van der Waals surface area contributed by atoms with Gasteiger partial charge in [0.1, 0.15) is 10.9 Å². The number of rotatable bonds is 7. The lowest BCUT2D eigenvalue weighted by Crippen LogP contribution is -2.46. The second kappa shape index (κ2) is 9.61. The molecule has 0 bridgehead atoms. The largest absolute Gasteiger partial charge is 0.444 e. The number of ether oxygens (including phenoxy) is 1. The van der Waals surface area contributed by atoms with Crippen molar-refractivity contribution in [2.75, 3.05) is 19.3 Å². The second-order valence-electron chi connectivity index (χ2n) is 8.55. The highest BCUT2D eigenvalue weighted by Crippen LogP contribution is 2.26. The number of hydrogen-bond donors (Lipinski definition) is 1. The van der Waals surface area contributed by atoms with Gasteiger partial charge in [0.05, 0.1) is 0 Å². The molecule has 2 atom stereocenters. The number of benzene rings is 1. The molecule has 1 aliphatic heterocycles. The molecule has 2 amide bonds. The van der Waals surface area contributed by atoms with Crippen molar-refractivity contribution in [1.29, 1.82) is 0 Å². The number of carbonyl (C=O) groups excluding carboxylic acids is 2. The highest BCUT2D eigenvalue weighted by atomic mass is 32.2. The summed E-state index contributed by atoms with van der Waals surface area (Å²) in [6.45, 7) is 6.22. The van der Waals surface area contributed by atoms with E-state index < -0.39 is 32.7 Å². The van der Waals surface area contributed by atoms with Gasteiger partial charge in [-0.25, -0.2) is 13.2 Å². The lowest BCUT2D eigenvalue weighted by atomic mass is 10.1. The summed E-state index contributed by atoms with van der Waals surface area (Å²) < 4.78 is 30.0. The molecule has 0 aromatic heterocycles. The Morgan fingerprint density at radius 1 is 1.24 bits per heavy atom. The average Bonchev–Trinajstić information content (AvgIpc) is 3.06. The van der Waals surface area contributed by atoms with Crippen molar-refractivity contribution in [3.05, 3.63) is 35.9 Å². The minimum atomic E-state index is -3.62. The van der Waals surface area contributed by atoms with Crippen LogP contribution in [0.2, 0.25) is 0 Å². The standard InChI is InChI=1S/C21H32N2O5S/c1-21(2,3)28-20(25)23-14-8-11-17(23)15-18(29(4,26)27)19(24)22-13-12-16-9-6-5-7-10-16/h5-7,9-10,17-18H,8,11-15H2,1-4H3,(H,22,24). The molecule has 1 aromatic rings. The Balaban J connectivity index is 2.00. The van der Waals surface area contributed by atoms with Gasteiger partial charge >= 0.3 is 6.09 Å². The quantitative estimate of drug-likeness (QED) is 0.726. The Kier molecular flexibility index (Phi) is 7.68. The van der Waals surface area contributed by atoms with Crippen LogP contribution in [-0.2, 0) is 25.8 Å². The third kappa shape index (κ3) is 7.34. The van der Waals surface area contributed by atoms with E-state index in [1.807, 2.05) is 30.3 Å². The number of likely N-dealkylation sites (tertiary alicyclic amines) is 1. The Morgan fingerprint density at radius 2 is 1.90 bits per heavy atom. The molecule has 1 aliphatic rings. The predicted octanol–water partition coefficient (Wildman–Crippen LogP) is 2.55. The van der Waals surface area contributed by atoms with Gasteiger partial charge in [0.25, 0.3) is 0 Å². The van der Waals surface area contributed by atoms with E-state index in [0.717, 1.165) is 18.2 Å². The lowest BCUT2D eigenvalue weighted by molar-refractivity contribution is -0.121. The van der Waals surface area contributed by atoms with Gasteiger partial charge in [0.15, 0.2) is 9.84 Å². The normalized spacial score (nSPS) is 18.3. The fourth-order valence-electron chi connectivity index (χ4n) is 3.45. The smallest absolute Gasteiger partial charge is 0.410 e. The number of amides is 2. The average molecular weight is 425 g/mol. The van der Waals surface area contributed by atoms with E-state index in [-0.39, 0.29) is 12.5 Å². The molecule has 1 N–H and O–H groups in total. The molecule has 29 heavy (non-hydrogen) atoms. The zero-order valence-corrected chi connectivity index (χ0v) is 18.5. The van der Waals surface area contributed by atoms with Crippen LogP contribution >= 0.6 is 0 Å². The van der Waals surface area contributed by atoms with Gasteiger partial charge in [-0.1, -0.05) is 30.3 Å². The van der Waals surface area contributed by atoms with Gasteiger partial charge in [-0.2, -0.15) is 0 Å². The number of nitrogens with one attached hydrogen (secondary N) is 1. The molecule has 2 unspecified atom stereocenters. The molecular weight excluding hydrogens is 392 g/mol. The van der Waals surface area contributed by atoms with Gasteiger partial charge in [0, 0.05) is 25.4 Å². The summed E-state index contributed by atoms with van der Waals surface area (Å²) >= 11 is 0. The fraction of sp³-hybridized carbons (Fsp3) is 0.619. The number of nitrogens with zero attached hydrogens (tertiary/aromatic N) is 1. The minimum absolute atomic E-state index is 0.0786.